The van der Waals surface area contributed by atoms with E-state index >= 15 is 0 Å². The summed E-state index contributed by atoms with van der Waals surface area (Å²) in [6.45, 7) is 4.28. The van der Waals surface area contributed by atoms with Crippen molar-refractivity contribution < 1.29 is 4.79 Å². The van der Waals surface area contributed by atoms with Gasteiger partial charge < -0.3 is 5.32 Å². The smallest absolute Gasteiger partial charge is 0.261 e. The second kappa shape index (κ2) is 6.17. The van der Waals surface area contributed by atoms with E-state index in [2.05, 4.69) is 46.5 Å². The van der Waals surface area contributed by atoms with Crippen LogP contribution in [0.3, 0.4) is 0 Å². The molecular formula is C13H16BrNOS2. The molecule has 1 unspecified atom stereocenters. The van der Waals surface area contributed by atoms with Crippen molar-refractivity contribution in [2.75, 3.05) is 5.33 Å². The van der Waals surface area contributed by atoms with Crippen LogP contribution in [-0.2, 0) is 0 Å². The first-order valence-corrected chi connectivity index (χ1v) is 8.77. The van der Waals surface area contributed by atoms with Gasteiger partial charge in [-0.15, -0.1) is 22.7 Å². The molecular weight excluding hydrogens is 330 g/mol. The number of thiophene rings is 2. The molecule has 0 aliphatic heterocycles. The Labute approximate surface area is 124 Å². The average Bonchev–Trinajstić information content (AvgIpc) is 2.87. The first-order valence-electron chi connectivity index (χ1n) is 5.95. The number of carbonyl (C=O) groups is 1. The molecule has 0 spiro atoms. The summed E-state index contributed by atoms with van der Waals surface area (Å²) < 4.78 is 2.40. The molecule has 98 valence electrons. The van der Waals surface area contributed by atoms with Crippen LogP contribution in [0, 0.1) is 5.92 Å². The largest absolute Gasteiger partial charge is 0.348 e. The van der Waals surface area contributed by atoms with Crippen molar-refractivity contribution >= 4 is 53.9 Å². The van der Waals surface area contributed by atoms with Crippen LogP contribution < -0.4 is 5.32 Å². The van der Waals surface area contributed by atoms with Gasteiger partial charge in [-0.25, -0.2) is 0 Å². The van der Waals surface area contributed by atoms with Gasteiger partial charge in [0.15, 0.2) is 0 Å². The standard InChI is InChI=1S/C13H16BrNOS2/c1-8(2)9(3-5-14)15-13(16)12-7-11-10(18-12)4-6-17-11/h4,6-9H,3,5H2,1-2H3,(H,15,16). The molecule has 5 heteroatoms. The molecule has 0 radical (unpaired) electrons. The maximum Gasteiger partial charge on any atom is 0.261 e. The minimum atomic E-state index is 0.0584. The number of nitrogens with one attached hydrogen (secondary N) is 1. The highest BCUT2D eigenvalue weighted by atomic mass is 79.9. The average molecular weight is 346 g/mol. The van der Waals surface area contributed by atoms with Gasteiger partial charge in [-0.05, 0) is 29.9 Å². The van der Waals surface area contributed by atoms with Gasteiger partial charge in [-0.2, -0.15) is 0 Å². The van der Waals surface area contributed by atoms with Crippen LogP contribution in [0.15, 0.2) is 17.5 Å². The van der Waals surface area contributed by atoms with Gasteiger partial charge in [-0.1, -0.05) is 29.8 Å². The molecule has 1 N–H and O–H groups in total. The Kier molecular flexibility index (Phi) is 4.81. The molecule has 2 aromatic heterocycles. The third-order valence-corrected chi connectivity index (χ3v) is 5.45. The van der Waals surface area contributed by atoms with E-state index in [1.807, 2.05) is 6.07 Å². The minimum absolute atomic E-state index is 0.0584. The van der Waals surface area contributed by atoms with Gasteiger partial charge in [0.2, 0.25) is 0 Å². The van der Waals surface area contributed by atoms with E-state index < -0.39 is 0 Å². The molecule has 18 heavy (non-hydrogen) atoms. The van der Waals surface area contributed by atoms with E-state index in [9.17, 15) is 4.79 Å². The predicted octanol–water partition coefficient (Wildman–Crippen LogP) is 4.50. The Morgan fingerprint density at radius 2 is 2.22 bits per heavy atom. The van der Waals surface area contributed by atoms with E-state index in [0.717, 1.165) is 16.6 Å². The molecule has 0 saturated heterocycles. The molecule has 1 amide bonds. The summed E-state index contributed by atoms with van der Waals surface area (Å²) in [7, 11) is 0. The summed E-state index contributed by atoms with van der Waals surface area (Å²) in [5.74, 6) is 0.510. The molecule has 2 aromatic rings. The molecule has 0 aromatic carbocycles. The lowest BCUT2D eigenvalue weighted by atomic mass is 10.0. The summed E-state index contributed by atoms with van der Waals surface area (Å²) in [6.07, 6.45) is 0.961. The Hall–Kier alpha value is -0.390. The lowest BCUT2D eigenvalue weighted by Crippen LogP contribution is -2.38. The van der Waals surface area contributed by atoms with E-state index in [1.54, 1.807) is 22.7 Å². The molecule has 0 aliphatic carbocycles. The molecule has 0 saturated carbocycles. The Morgan fingerprint density at radius 1 is 1.44 bits per heavy atom. The van der Waals surface area contributed by atoms with Crippen molar-refractivity contribution in [2.45, 2.75) is 26.3 Å². The van der Waals surface area contributed by atoms with Gasteiger partial charge in [0.05, 0.1) is 4.88 Å². The number of hydrogen-bond acceptors (Lipinski definition) is 3. The number of carbonyl (C=O) groups excluding carboxylic acids is 1. The first kappa shape index (κ1) is 14.0. The fraction of sp³-hybridized carbons (Fsp3) is 0.462. The zero-order chi connectivity index (χ0) is 13.1. The van der Waals surface area contributed by atoms with Gasteiger partial charge in [0.1, 0.15) is 0 Å². The zero-order valence-electron chi connectivity index (χ0n) is 10.4. The first-order chi connectivity index (χ1) is 8.61. The normalized spacial score (nSPS) is 13.1. The number of hydrogen-bond donors (Lipinski definition) is 1. The number of rotatable bonds is 5. The van der Waals surface area contributed by atoms with Crippen molar-refractivity contribution in [3.8, 4) is 0 Å². The topological polar surface area (TPSA) is 29.1 Å². The van der Waals surface area contributed by atoms with Crippen LogP contribution in [-0.4, -0.2) is 17.3 Å². The van der Waals surface area contributed by atoms with E-state index in [0.29, 0.717) is 5.92 Å². The van der Waals surface area contributed by atoms with E-state index in [-0.39, 0.29) is 11.9 Å². The molecule has 0 bridgehead atoms. The predicted molar refractivity (Wildman–Crippen MR) is 84.2 cm³/mol. The second-order valence-corrected chi connectivity index (χ2v) is 7.39. The molecule has 1 atom stereocenters. The van der Waals surface area contributed by atoms with E-state index in [1.165, 1.54) is 9.40 Å². The van der Waals surface area contributed by atoms with Crippen LogP contribution in [0.25, 0.3) is 9.40 Å². The number of amides is 1. The number of alkyl halides is 1. The lowest BCUT2D eigenvalue weighted by molar-refractivity contribution is 0.0929. The maximum absolute atomic E-state index is 12.2. The summed E-state index contributed by atoms with van der Waals surface area (Å²) in [6, 6.07) is 4.29. The highest BCUT2D eigenvalue weighted by molar-refractivity contribution is 9.09. The van der Waals surface area contributed by atoms with E-state index in [4.69, 9.17) is 0 Å². The molecule has 0 aliphatic rings. The van der Waals surface area contributed by atoms with Crippen LogP contribution in [0.4, 0.5) is 0 Å². The maximum atomic E-state index is 12.2. The van der Waals surface area contributed by atoms with Crippen molar-refractivity contribution in [1.82, 2.24) is 5.32 Å². The van der Waals surface area contributed by atoms with Crippen molar-refractivity contribution in [3.05, 3.63) is 22.4 Å². The lowest BCUT2D eigenvalue weighted by Gasteiger charge is -2.21. The highest BCUT2D eigenvalue weighted by Crippen LogP contribution is 2.30. The summed E-state index contributed by atoms with van der Waals surface area (Å²) in [5, 5.41) is 6.10. The summed E-state index contributed by atoms with van der Waals surface area (Å²) in [5.41, 5.74) is 0. The molecule has 2 rings (SSSR count). The molecule has 2 heterocycles. The Bertz CT molecular complexity index is 503. The van der Waals surface area contributed by atoms with Gasteiger partial charge in [0, 0.05) is 20.8 Å². The third kappa shape index (κ3) is 3.13. The molecule has 2 nitrogen and oxygen atoms in total. The fourth-order valence-corrected chi connectivity index (χ4v) is 4.31. The quantitative estimate of drug-likeness (QED) is 0.794. The van der Waals surface area contributed by atoms with Crippen LogP contribution in [0.2, 0.25) is 0 Å². The van der Waals surface area contributed by atoms with Crippen LogP contribution >= 0.6 is 38.6 Å². The Balaban J connectivity index is 2.08. The van der Waals surface area contributed by atoms with Crippen molar-refractivity contribution in [3.63, 3.8) is 0 Å². The van der Waals surface area contributed by atoms with Gasteiger partial charge >= 0.3 is 0 Å². The Morgan fingerprint density at radius 3 is 2.83 bits per heavy atom. The van der Waals surface area contributed by atoms with Gasteiger partial charge in [-0.3, -0.25) is 4.79 Å². The number of halogens is 1. The van der Waals surface area contributed by atoms with Crippen LogP contribution in [0.5, 0.6) is 0 Å². The van der Waals surface area contributed by atoms with Crippen molar-refractivity contribution in [2.24, 2.45) is 5.92 Å². The number of fused-ring (bicyclic) bond motifs is 1. The summed E-state index contributed by atoms with van der Waals surface area (Å²) >= 11 is 6.69. The fourth-order valence-electron chi connectivity index (χ4n) is 1.81. The SMILES string of the molecule is CC(C)C(CCBr)NC(=O)c1cc2sccc2s1. The molecule has 0 fully saturated rings. The monoisotopic (exact) mass is 345 g/mol. The summed E-state index contributed by atoms with van der Waals surface area (Å²) in [4.78, 5) is 13.0. The van der Waals surface area contributed by atoms with Gasteiger partial charge in [0.25, 0.3) is 5.91 Å². The van der Waals surface area contributed by atoms with Crippen molar-refractivity contribution in [1.29, 1.82) is 0 Å². The third-order valence-electron chi connectivity index (χ3n) is 2.90. The zero-order valence-corrected chi connectivity index (χ0v) is 13.6. The second-order valence-electron chi connectivity index (χ2n) is 4.56. The minimum Gasteiger partial charge on any atom is -0.348 e. The highest BCUT2D eigenvalue weighted by Gasteiger charge is 2.18. The van der Waals surface area contributed by atoms with Crippen LogP contribution in [0.1, 0.15) is 29.9 Å².